The van der Waals surface area contributed by atoms with Crippen LogP contribution in [0.4, 0.5) is 28.9 Å². The summed E-state index contributed by atoms with van der Waals surface area (Å²) in [5.74, 6) is -2.24. The van der Waals surface area contributed by atoms with Crippen LogP contribution in [0.2, 0.25) is 5.02 Å². The second-order valence-corrected chi connectivity index (χ2v) is 6.92. The summed E-state index contributed by atoms with van der Waals surface area (Å²) in [6.45, 7) is -0.537. The number of carbonyl (C=O) groups is 2. The second kappa shape index (κ2) is 9.69. The van der Waals surface area contributed by atoms with E-state index in [1.807, 2.05) is 0 Å². The average molecular weight is 467 g/mol. The third-order valence-electron chi connectivity index (χ3n) is 4.16. The average Bonchev–Trinajstić information content (AvgIpc) is 2.74. The molecule has 0 radical (unpaired) electrons. The van der Waals surface area contributed by atoms with Gasteiger partial charge >= 0.3 is 6.18 Å². The van der Waals surface area contributed by atoms with Gasteiger partial charge in [0.2, 0.25) is 0 Å². The number of nitrogens with one attached hydrogen (secondary N) is 2. The number of benzene rings is 3. The zero-order valence-corrected chi connectivity index (χ0v) is 16.9. The molecular weight excluding hydrogens is 452 g/mol. The molecule has 166 valence electrons. The van der Waals surface area contributed by atoms with Gasteiger partial charge in [0.15, 0.2) is 6.61 Å². The van der Waals surface area contributed by atoms with E-state index in [-0.39, 0.29) is 11.3 Å². The van der Waals surface area contributed by atoms with Gasteiger partial charge in [-0.3, -0.25) is 9.59 Å². The van der Waals surface area contributed by atoms with E-state index in [1.165, 1.54) is 42.5 Å². The second-order valence-electron chi connectivity index (χ2n) is 6.48. The van der Waals surface area contributed by atoms with Crippen molar-refractivity contribution in [3.8, 4) is 5.75 Å². The fourth-order valence-electron chi connectivity index (χ4n) is 2.68. The first-order valence-corrected chi connectivity index (χ1v) is 9.46. The van der Waals surface area contributed by atoms with Crippen molar-refractivity contribution in [3.05, 3.63) is 88.7 Å². The van der Waals surface area contributed by atoms with Crippen LogP contribution in [-0.4, -0.2) is 18.4 Å². The van der Waals surface area contributed by atoms with Crippen LogP contribution in [0.5, 0.6) is 5.75 Å². The number of hydrogen-bond donors (Lipinski definition) is 2. The Morgan fingerprint density at radius 1 is 0.938 bits per heavy atom. The fraction of sp³-hybridized carbons (Fsp3) is 0.0909. The topological polar surface area (TPSA) is 67.4 Å². The molecule has 2 N–H and O–H groups in total. The Kier molecular flexibility index (Phi) is 6.99. The number of alkyl halides is 3. The Balaban J connectivity index is 1.73. The zero-order chi connectivity index (χ0) is 23.3. The van der Waals surface area contributed by atoms with E-state index in [0.29, 0.717) is 16.8 Å². The third-order valence-corrected chi connectivity index (χ3v) is 4.41. The van der Waals surface area contributed by atoms with Crippen molar-refractivity contribution in [2.75, 3.05) is 17.2 Å². The lowest BCUT2D eigenvalue weighted by molar-refractivity contribution is -0.137. The quantitative estimate of drug-likeness (QED) is 0.453. The molecule has 0 unspecified atom stereocenters. The largest absolute Gasteiger partial charge is 0.484 e. The summed E-state index contributed by atoms with van der Waals surface area (Å²) in [7, 11) is 0. The van der Waals surface area contributed by atoms with Crippen molar-refractivity contribution in [2.45, 2.75) is 6.18 Å². The van der Waals surface area contributed by atoms with Crippen molar-refractivity contribution in [1.82, 2.24) is 0 Å². The highest BCUT2D eigenvalue weighted by molar-refractivity contribution is 6.30. The number of carbonyl (C=O) groups excluding carboxylic acids is 2. The van der Waals surface area contributed by atoms with Crippen LogP contribution in [0.25, 0.3) is 0 Å². The van der Waals surface area contributed by atoms with Crippen molar-refractivity contribution < 1.29 is 31.9 Å². The van der Waals surface area contributed by atoms with E-state index in [0.717, 1.165) is 18.2 Å². The smallest absolute Gasteiger partial charge is 0.418 e. The highest BCUT2D eigenvalue weighted by Gasteiger charge is 2.34. The van der Waals surface area contributed by atoms with Crippen molar-refractivity contribution in [2.24, 2.45) is 0 Å². The Morgan fingerprint density at radius 2 is 1.62 bits per heavy atom. The van der Waals surface area contributed by atoms with E-state index < -0.39 is 41.7 Å². The van der Waals surface area contributed by atoms with Crippen molar-refractivity contribution in [3.63, 3.8) is 0 Å². The number of hydrogen-bond acceptors (Lipinski definition) is 3. The van der Waals surface area contributed by atoms with Gasteiger partial charge in [0.25, 0.3) is 11.8 Å². The molecule has 0 saturated carbocycles. The molecule has 2 amide bonds. The third kappa shape index (κ3) is 5.98. The molecule has 3 rings (SSSR count). The number of halogens is 5. The van der Waals surface area contributed by atoms with Gasteiger partial charge in [0.1, 0.15) is 11.6 Å². The van der Waals surface area contributed by atoms with E-state index in [1.54, 1.807) is 0 Å². The summed E-state index contributed by atoms with van der Waals surface area (Å²) in [5.41, 5.74) is -2.26. The van der Waals surface area contributed by atoms with Crippen molar-refractivity contribution >= 4 is 34.8 Å². The normalized spacial score (nSPS) is 11.0. The van der Waals surface area contributed by atoms with Crippen LogP contribution in [0.15, 0.2) is 66.7 Å². The highest BCUT2D eigenvalue weighted by atomic mass is 35.5. The Hall–Kier alpha value is -3.59. The maximum atomic E-state index is 13.7. The van der Waals surface area contributed by atoms with Gasteiger partial charge in [-0.05, 0) is 54.6 Å². The highest BCUT2D eigenvalue weighted by Crippen LogP contribution is 2.36. The zero-order valence-electron chi connectivity index (χ0n) is 16.2. The molecule has 0 heterocycles. The summed E-state index contributed by atoms with van der Waals surface area (Å²) in [5, 5.41) is 4.81. The molecule has 0 aromatic heterocycles. The van der Waals surface area contributed by atoms with E-state index in [9.17, 15) is 27.2 Å². The Labute approximate surface area is 185 Å². The number of ether oxygens (including phenoxy) is 1. The molecule has 0 spiro atoms. The SMILES string of the molecule is O=C(COc1ccc(Cl)cc1)Nc1ccc(NC(=O)c2ccccc2F)cc1C(F)(F)F. The lowest BCUT2D eigenvalue weighted by Crippen LogP contribution is -2.22. The maximum absolute atomic E-state index is 13.7. The molecule has 0 bridgehead atoms. The molecule has 0 atom stereocenters. The van der Waals surface area contributed by atoms with Gasteiger partial charge in [-0.25, -0.2) is 4.39 Å². The molecule has 0 fully saturated rings. The first kappa shape index (κ1) is 23.1. The van der Waals surface area contributed by atoms with E-state index >= 15 is 0 Å². The summed E-state index contributed by atoms with van der Waals surface area (Å²) in [6.07, 6.45) is -4.83. The standard InChI is InChI=1S/C22H15ClF4N2O3/c23-13-5-8-15(9-6-13)32-12-20(30)29-19-10-7-14(11-17(19)22(25,26)27)28-21(31)16-3-1-2-4-18(16)24/h1-11H,12H2,(H,28,31)(H,29,30). The maximum Gasteiger partial charge on any atom is 0.418 e. The van der Waals surface area contributed by atoms with Crippen molar-refractivity contribution in [1.29, 1.82) is 0 Å². The predicted molar refractivity (Wildman–Crippen MR) is 111 cm³/mol. The van der Waals surface area contributed by atoms with Gasteiger partial charge in [0.05, 0.1) is 16.8 Å². The fourth-order valence-corrected chi connectivity index (χ4v) is 2.80. The molecule has 3 aromatic rings. The summed E-state index contributed by atoms with van der Waals surface area (Å²) < 4.78 is 59.5. The Bertz CT molecular complexity index is 1130. The molecule has 0 aliphatic carbocycles. The summed E-state index contributed by atoms with van der Waals surface area (Å²) in [6, 6.07) is 13.9. The van der Waals surface area contributed by atoms with Crippen LogP contribution in [0.1, 0.15) is 15.9 Å². The minimum atomic E-state index is -4.83. The number of anilines is 2. The molecule has 10 heteroatoms. The van der Waals surface area contributed by atoms with Crippen LogP contribution >= 0.6 is 11.6 Å². The van der Waals surface area contributed by atoms with Gasteiger partial charge in [-0.15, -0.1) is 0 Å². The molecule has 0 aliphatic rings. The molecular formula is C22H15ClF4N2O3. The minimum Gasteiger partial charge on any atom is -0.484 e. The molecule has 0 saturated heterocycles. The van der Waals surface area contributed by atoms with Gasteiger partial charge in [-0.2, -0.15) is 13.2 Å². The van der Waals surface area contributed by atoms with E-state index in [2.05, 4.69) is 10.6 Å². The van der Waals surface area contributed by atoms with Crippen LogP contribution in [-0.2, 0) is 11.0 Å². The number of amides is 2. The summed E-state index contributed by atoms with van der Waals surface area (Å²) >= 11 is 5.74. The number of rotatable bonds is 6. The van der Waals surface area contributed by atoms with Gasteiger partial charge in [0, 0.05) is 10.7 Å². The lowest BCUT2D eigenvalue weighted by atomic mass is 10.1. The first-order chi connectivity index (χ1) is 15.1. The van der Waals surface area contributed by atoms with E-state index in [4.69, 9.17) is 16.3 Å². The molecule has 32 heavy (non-hydrogen) atoms. The molecule has 5 nitrogen and oxygen atoms in total. The lowest BCUT2D eigenvalue weighted by Gasteiger charge is -2.16. The van der Waals surface area contributed by atoms with Gasteiger partial charge in [-0.1, -0.05) is 23.7 Å². The molecule has 0 aliphatic heterocycles. The van der Waals surface area contributed by atoms with Gasteiger partial charge < -0.3 is 15.4 Å². The minimum absolute atomic E-state index is 0.221. The van der Waals surface area contributed by atoms with Crippen LogP contribution < -0.4 is 15.4 Å². The predicted octanol–water partition coefficient (Wildman–Crippen LogP) is 5.77. The Morgan fingerprint density at radius 3 is 2.28 bits per heavy atom. The first-order valence-electron chi connectivity index (χ1n) is 9.09. The monoisotopic (exact) mass is 466 g/mol. The van der Waals surface area contributed by atoms with Crippen LogP contribution in [0, 0.1) is 5.82 Å². The van der Waals surface area contributed by atoms with Crippen LogP contribution in [0.3, 0.4) is 0 Å². The molecule has 3 aromatic carbocycles. The summed E-state index contributed by atoms with van der Waals surface area (Å²) in [4.78, 5) is 24.2.